The van der Waals surface area contributed by atoms with Gasteiger partial charge in [-0.05, 0) is 74.9 Å². The van der Waals surface area contributed by atoms with E-state index >= 15 is 0 Å². The van der Waals surface area contributed by atoms with Crippen LogP contribution in [0.4, 0.5) is 11.9 Å². The zero-order chi connectivity index (χ0) is 62.8. The Labute approximate surface area is 538 Å². The molecule has 0 saturated heterocycles. The van der Waals surface area contributed by atoms with E-state index in [-0.39, 0.29) is 11.9 Å². The van der Waals surface area contributed by atoms with Crippen molar-refractivity contribution >= 4 is 46.0 Å². The summed E-state index contributed by atoms with van der Waals surface area (Å²) in [4.78, 5) is 40.0. The van der Waals surface area contributed by atoms with Crippen LogP contribution in [0.15, 0.2) is 66.4 Å². The van der Waals surface area contributed by atoms with Crippen molar-refractivity contribution in [2.24, 2.45) is 30.0 Å². The number of aliphatic imine (C=N–C) groups is 4. The van der Waals surface area contributed by atoms with Crippen molar-refractivity contribution in [3.05, 3.63) is 69.6 Å². The highest BCUT2D eigenvalue weighted by molar-refractivity contribution is 6.24. The van der Waals surface area contributed by atoms with E-state index < -0.39 is 0 Å². The summed E-state index contributed by atoms with van der Waals surface area (Å²) in [5.41, 5.74) is 4.06. The molecule has 2 N–H and O–H groups in total. The van der Waals surface area contributed by atoms with Gasteiger partial charge in [-0.2, -0.15) is 15.0 Å². The van der Waals surface area contributed by atoms with Crippen molar-refractivity contribution < 1.29 is 28.4 Å². The van der Waals surface area contributed by atoms with Crippen LogP contribution in [0.2, 0.25) is 0 Å². The Kier molecular flexibility index (Phi) is 30.5. The zero-order valence-electron chi connectivity index (χ0n) is 56.2. The number of nitrogens with one attached hydrogen (secondary N) is 2. The summed E-state index contributed by atoms with van der Waals surface area (Å²) in [5, 5.41) is 9.22. The van der Waals surface area contributed by atoms with Gasteiger partial charge in [-0.15, -0.1) is 5.10 Å². The van der Waals surface area contributed by atoms with E-state index in [0.717, 1.165) is 110 Å². The van der Waals surface area contributed by atoms with E-state index in [1.165, 1.54) is 154 Å². The van der Waals surface area contributed by atoms with E-state index in [1.54, 1.807) is 0 Å². The minimum atomic E-state index is 0.159. The Hall–Kier alpha value is -6.58. The molecule has 0 unspecified atom stereocenters. The van der Waals surface area contributed by atoms with Crippen molar-refractivity contribution in [1.82, 2.24) is 20.2 Å². The van der Waals surface area contributed by atoms with Crippen molar-refractivity contribution in [2.45, 2.75) is 273 Å². The molecule has 0 atom stereocenters. The number of aromatic nitrogens is 4. The van der Waals surface area contributed by atoms with Crippen molar-refractivity contribution in [1.29, 1.82) is 0 Å². The van der Waals surface area contributed by atoms with Gasteiger partial charge in [0.05, 0.1) is 39.6 Å². The molecule has 3 aliphatic heterocycles. The van der Waals surface area contributed by atoms with Gasteiger partial charge < -0.3 is 33.4 Å². The lowest BCUT2D eigenvalue weighted by molar-refractivity contribution is 0.258. The molecule has 0 aliphatic carbocycles. The molecule has 5 aromatic rings. The first kappa shape index (κ1) is 69.3. The fraction of sp³-hybridized carbons (Fsp3) is 0.649. The molecule has 90 heavy (non-hydrogen) atoms. The molecule has 0 fully saturated rings. The number of amidine groups is 4. The average molecular weight is 1240 g/mol. The number of aromatic amines is 2. The highest BCUT2D eigenvalue weighted by atomic mass is 16.5. The van der Waals surface area contributed by atoms with Gasteiger partial charge in [-0.3, -0.25) is 0 Å². The molecule has 0 radical (unpaired) electrons. The Bertz CT molecular complexity index is 3010. The predicted molar refractivity (Wildman–Crippen MR) is 369 cm³/mol. The first-order valence-electron chi connectivity index (χ1n) is 36.0. The molecule has 8 rings (SSSR count). The first-order valence-corrected chi connectivity index (χ1v) is 36.0. The molecule has 2 aromatic heterocycles. The van der Waals surface area contributed by atoms with Gasteiger partial charge in [-0.1, -0.05) is 234 Å². The SMILES string of the molecule is CCCCCCCCOc1cc2c(cc1OCCCCCCCC)C1=Nc3n[nH]c(n3)N=C3N=C(N=c4[nH]c(c5cc(OCCCCCCCC)c(OCCCCCCCC)cc45)=NC2=N1)c1cc(OCCCCCCCC)c(OCCCCCCCC)cc13. The van der Waals surface area contributed by atoms with Crippen LogP contribution in [0.1, 0.15) is 295 Å². The quantitative estimate of drug-likeness (QED) is 0.0360. The number of hydrogen-bond acceptors (Lipinski definition) is 14. The van der Waals surface area contributed by atoms with Crippen LogP contribution in [-0.2, 0) is 0 Å². The van der Waals surface area contributed by atoms with Crippen LogP contribution in [0.5, 0.6) is 34.5 Å². The zero-order valence-corrected chi connectivity index (χ0v) is 56.2. The van der Waals surface area contributed by atoms with Gasteiger partial charge >= 0.3 is 0 Å². The number of nitrogens with zero attached hydrogens (tertiary/aromatic N) is 8. The molecule has 0 amide bonds. The number of unbranched alkanes of at least 4 members (excludes halogenated alkanes) is 30. The maximum absolute atomic E-state index is 6.77. The number of benzene rings is 3. The lowest BCUT2D eigenvalue weighted by atomic mass is 10.1. The second-order valence-electron chi connectivity index (χ2n) is 25.0. The number of hydrogen-bond donors (Lipinski definition) is 2. The summed E-state index contributed by atoms with van der Waals surface area (Å²) >= 11 is 0. The maximum atomic E-state index is 6.77. The van der Waals surface area contributed by atoms with Crippen molar-refractivity contribution in [3.63, 3.8) is 0 Å². The third-order valence-electron chi connectivity index (χ3n) is 17.2. The lowest BCUT2D eigenvalue weighted by Crippen LogP contribution is -2.15. The number of fused-ring (bicyclic) bond motifs is 15. The lowest BCUT2D eigenvalue weighted by Gasteiger charge is -2.15. The predicted octanol–water partition coefficient (Wildman–Crippen LogP) is 19.4. The molecule has 0 saturated carbocycles. The second kappa shape index (κ2) is 39.6. The highest BCUT2D eigenvalue weighted by Gasteiger charge is 2.30. The Balaban J connectivity index is 1.26. The maximum Gasteiger partial charge on any atom is 0.272 e. The average Bonchev–Trinajstić information content (AvgIpc) is 1.62. The third kappa shape index (κ3) is 21.5. The van der Waals surface area contributed by atoms with Gasteiger partial charge in [0, 0.05) is 33.0 Å². The molecular formula is C74H110N10O6. The Morgan fingerprint density at radius 1 is 0.278 bits per heavy atom. The van der Waals surface area contributed by atoms with E-state index in [1.807, 2.05) is 24.3 Å². The van der Waals surface area contributed by atoms with Crippen LogP contribution >= 0.6 is 0 Å². The molecule has 0 spiro atoms. The Morgan fingerprint density at radius 3 is 0.833 bits per heavy atom. The topological polar surface area (TPSA) is 187 Å². The van der Waals surface area contributed by atoms with Crippen LogP contribution in [0.3, 0.4) is 0 Å². The summed E-state index contributed by atoms with van der Waals surface area (Å²) in [6, 6.07) is 12.2. The number of ether oxygens (including phenoxy) is 6. The summed E-state index contributed by atoms with van der Waals surface area (Å²) in [6.45, 7) is 16.9. The van der Waals surface area contributed by atoms with Gasteiger partial charge in [-0.25, -0.2) is 25.1 Å². The van der Waals surface area contributed by atoms with Gasteiger partial charge in [0.25, 0.3) is 5.95 Å². The van der Waals surface area contributed by atoms with Crippen LogP contribution in [0.25, 0.3) is 10.8 Å². The van der Waals surface area contributed by atoms with Gasteiger partial charge in [0.1, 0.15) is 11.0 Å². The molecule has 8 bridgehead atoms. The largest absolute Gasteiger partial charge is 0.490 e. The van der Waals surface area contributed by atoms with Gasteiger partial charge in [0.2, 0.25) is 5.95 Å². The monoisotopic (exact) mass is 1230 g/mol. The van der Waals surface area contributed by atoms with Crippen LogP contribution in [-0.4, -0.2) is 83.1 Å². The molecule has 5 heterocycles. The van der Waals surface area contributed by atoms with E-state index in [4.69, 9.17) is 63.4 Å². The molecule has 16 nitrogen and oxygen atoms in total. The molecule has 3 aliphatic rings. The van der Waals surface area contributed by atoms with E-state index in [0.29, 0.717) is 108 Å². The molecule has 16 heteroatoms. The summed E-state index contributed by atoms with van der Waals surface area (Å²) < 4.78 is 40.3. The second-order valence-corrected chi connectivity index (χ2v) is 25.0. The smallest absolute Gasteiger partial charge is 0.272 e. The fourth-order valence-electron chi connectivity index (χ4n) is 11.8. The first-order chi connectivity index (χ1) is 44.4. The minimum Gasteiger partial charge on any atom is -0.490 e. The summed E-state index contributed by atoms with van der Waals surface area (Å²) in [5.74, 6) is 6.02. The standard InChI is InChI=1S/C74H110N10O6/c1-7-13-19-25-31-37-43-85-61-49-55-56(50-62(61)86-44-38-32-26-20-14-8-2)68-75-67(55)76-69-57-51-63(87-45-39-33-27-21-15-9-3)65(89-47-41-35-29-23-17-11-5)53-59(57)71(78-69)80-73-82-74(84-83-73)81-72-60-54-66(90-48-42-36-30-24-18-12-6)64(52-58(60)70(77-68)79-72)88-46-40-34-28-22-16-10-4/h49-54H,7-48H2,1-6H3,(H2,75,76,77,78,79,80,81,82,83,84). The highest BCUT2D eigenvalue weighted by Crippen LogP contribution is 2.39. The van der Waals surface area contributed by atoms with Crippen LogP contribution < -0.4 is 39.4 Å². The van der Waals surface area contributed by atoms with Crippen molar-refractivity contribution in [2.75, 3.05) is 39.6 Å². The van der Waals surface area contributed by atoms with Gasteiger partial charge in [0.15, 0.2) is 57.8 Å². The van der Waals surface area contributed by atoms with Crippen LogP contribution in [0, 0.1) is 0 Å². The van der Waals surface area contributed by atoms with E-state index in [2.05, 4.69) is 68.9 Å². The van der Waals surface area contributed by atoms with E-state index in [9.17, 15) is 0 Å². The van der Waals surface area contributed by atoms with Crippen molar-refractivity contribution in [3.8, 4) is 34.5 Å². The Morgan fingerprint density at radius 2 is 0.533 bits per heavy atom. The fourth-order valence-corrected chi connectivity index (χ4v) is 11.8. The molecular weight excluding hydrogens is 1120 g/mol. The third-order valence-corrected chi connectivity index (χ3v) is 17.2. The summed E-state index contributed by atoms with van der Waals surface area (Å²) in [7, 11) is 0. The molecule has 3 aromatic carbocycles. The summed E-state index contributed by atoms with van der Waals surface area (Å²) in [6.07, 6.45) is 41.6. The number of H-pyrrole nitrogens is 2. The molecule has 492 valence electrons. The minimum absolute atomic E-state index is 0.159. The number of rotatable bonds is 48. The normalized spacial score (nSPS) is 13.1.